The van der Waals surface area contributed by atoms with E-state index in [2.05, 4.69) is 12.1 Å². The van der Waals surface area contributed by atoms with Gasteiger partial charge in [-0.3, -0.25) is 4.79 Å². The second-order valence-corrected chi connectivity index (χ2v) is 10.4. The van der Waals surface area contributed by atoms with Gasteiger partial charge in [-0.05, 0) is 68.1 Å². The van der Waals surface area contributed by atoms with Crippen molar-refractivity contribution < 1.29 is 17.9 Å². The first-order valence-corrected chi connectivity index (χ1v) is 12.4. The van der Waals surface area contributed by atoms with Gasteiger partial charge in [-0.1, -0.05) is 18.6 Å². The molecule has 2 fully saturated rings. The van der Waals surface area contributed by atoms with Gasteiger partial charge in [0.25, 0.3) is 5.91 Å². The molecule has 0 radical (unpaired) electrons. The van der Waals surface area contributed by atoms with Crippen molar-refractivity contribution >= 4 is 15.9 Å². The third kappa shape index (κ3) is 4.48. The smallest absolute Gasteiger partial charge is 0.253 e. The fourth-order valence-electron chi connectivity index (χ4n) is 4.61. The molecule has 2 heterocycles. The summed E-state index contributed by atoms with van der Waals surface area (Å²) in [6.07, 6.45) is 3.76. The molecule has 0 bridgehead atoms. The van der Waals surface area contributed by atoms with Crippen LogP contribution in [0.15, 0.2) is 53.4 Å². The lowest BCUT2D eigenvalue weighted by Crippen LogP contribution is -2.41. The predicted octanol–water partition coefficient (Wildman–Crippen LogP) is 3.89. The first kappa shape index (κ1) is 21.8. The molecule has 2 aromatic carbocycles. The van der Waals surface area contributed by atoms with Crippen LogP contribution in [0.25, 0.3) is 0 Å². The van der Waals surface area contributed by atoms with Crippen LogP contribution in [0.3, 0.4) is 0 Å². The molecule has 2 aromatic rings. The fraction of sp³-hybridized carbons (Fsp3) is 0.458. The maximum absolute atomic E-state index is 13.0. The van der Waals surface area contributed by atoms with E-state index in [0.29, 0.717) is 31.1 Å². The van der Waals surface area contributed by atoms with Gasteiger partial charge < -0.3 is 9.64 Å². The Balaban J connectivity index is 1.43. The van der Waals surface area contributed by atoms with Crippen molar-refractivity contribution in [2.24, 2.45) is 0 Å². The van der Waals surface area contributed by atoms with E-state index in [4.69, 9.17) is 4.74 Å². The molecule has 0 aliphatic carbocycles. The van der Waals surface area contributed by atoms with Gasteiger partial charge in [0.15, 0.2) is 0 Å². The molecule has 2 aliphatic rings. The van der Waals surface area contributed by atoms with Crippen molar-refractivity contribution in [1.29, 1.82) is 0 Å². The summed E-state index contributed by atoms with van der Waals surface area (Å²) in [4.78, 5) is 15.1. The van der Waals surface area contributed by atoms with Gasteiger partial charge in [0.2, 0.25) is 10.0 Å². The molecule has 1 amide bonds. The normalized spacial score (nSPS) is 22.5. The third-order valence-corrected chi connectivity index (χ3v) is 8.54. The minimum atomic E-state index is -3.53. The fourth-order valence-corrected chi connectivity index (χ4v) is 6.31. The second kappa shape index (κ2) is 9.01. The first-order chi connectivity index (χ1) is 14.9. The van der Waals surface area contributed by atoms with Crippen molar-refractivity contribution in [3.05, 3.63) is 59.7 Å². The molecule has 0 aromatic heterocycles. The van der Waals surface area contributed by atoms with Crippen LogP contribution in [0.4, 0.5) is 0 Å². The second-order valence-electron chi connectivity index (χ2n) is 8.49. The highest BCUT2D eigenvalue weighted by Crippen LogP contribution is 2.30. The van der Waals surface area contributed by atoms with E-state index in [9.17, 15) is 13.2 Å². The van der Waals surface area contributed by atoms with E-state index in [-0.39, 0.29) is 16.8 Å². The number of methoxy groups -OCH3 is 1. The van der Waals surface area contributed by atoms with E-state index in [0.717, 1.165) is 31.4 Å². The molecule has 2 saturated heterocycles. The summed E-state index contributed by atoms with van der Waals surface area (Å²) in [5.41, 5.74) is 1.73. The Morgan fingerprint density at radius 1 is 0.968 bits per heavy atom. The van der Waals surface area contributed by atoms with Crippen LogP contribution >= 0.6 is 0 Å². The zero-order chi connectivity index (χ0) is 22.0. The minimum absolute atomic E-state index is 0.0135. The average molecular weight is 443 g/mol. The number of benzene rings is 2. The number of rotatable bonds is 5. The summed E-state index contributed by atoms with van der Waals surface area (Å²) in [5.74, 6) is 1.07. The Hall–Kier alpha value is -2.38. The summed E-state index contributed by atoms with van der Waals surface area (Å²) in [7, 11) is -1.88. The van der Waals surface area contributed by atoms with Gasteiger partial charge >= 0.3 is 0 Å². The molecule has 7 heteroatoms. The molecule has 4 rings (SSSR count). The molecule has 2 unspecified atom stereocenters. The maximum atomic E-state index is 13.0. The molecule has 31 heavy (non-hydrogen) atoms. The first-order valence-electron chi connectivity index (χ1n) is 11.0. The number of hydrogen-bond donors (Lipinski definition) is 0. The van der Waals surface area contributed by atoms with Crippen LogP contribution in [-0.2, 0) is 10.0 Å². The number of carbonyl (C=O) groups excluding carboxylic acids is 1. The van der Waals surface area contributed by atoms with E-state index < -0.39 is 10.0 Å². The molecular formula is C24H30N2O4S. The molecule has 2 atom stereocenters. The number of nitrogens with zero attached hydrogens (tertiary/aromatic N) is 2. The highest BCUT2D eigenvalue weighted by atomic mass is 32.2. The van der Waals surface area contributed by atoms with Crippen molar-refractivity contribution in [3.8, 4) is 5.75 Å². The quantitative estimate of drug-likeness (QED) is 0.705. The molecule has 0 N–H and O–H groups in total. The number of amides is 1. The van der Waals surface area contributed by atoms with Crippen molar-refractivity contribution in [2.75, 3.05) is 26.7 Å². The summed E-state index contributed by atoms with van der Waals surface area (Å²) in [6, 6.07) is 14.4. The van der Waals surface area contributed by atoms with Crippen LogP contribution in [0.5, 0.6) is 5.75 Å². The monoisotopic (exact) mass is 442 g/mol. The predicted molar refractivity (Wildman–Crippen MR) is 120 cm³/mol. The number of carbonyl (C=O) groups is 1. The zero-order valence-electron chi connectivity index (χ0n) is 18.2. The van der Waals surface area contributed by atoms with Crippen molar-refractivity contribution in [2.45, 2.75) is 49.5 Å². The Labute approximate surface area is 184 Å². The molecule has 0 spiro atoms. The van der Waals surface area contributed by atoms with E-state index in [1.54, 1.807) is 35.7 Å². The largest absolute Gasteiger partial charge is 0.497 e. The maximum Gasteiger partial charge on any atom is 0.253 e. The van der Waals surface area contributed by atoms with E-state index in [1.807, 2.05) is 24.0 Å². The topological polar surface area (TPSA) is 66.9 Å². The summed E-state index contributed by atoms with van der Waals surface area (Å²) >= 11 is 0. The molecule has 0 saturated carbocycles. The van der Waals surface area contributed by atoms with Crippen LogP contribution < -0.4 is 4.74 Å². The van der Waals surface area contributed by atoms with Crippen LogP contribution in [0.2, 0.25) is 0 Å². The summed E-state index contributed by atoms with van der Waals surface area (Å²) < 4.78 is 32.8. The Kier molecular flexibility index (Phi) is 6.34. The van der Waals surface area contributed by atoms with E-state index >= 15 is 0 Å². The van der Waals surface area contributed by atoms with Gasteiger partial charge in [0, 0.05) is 37.2 Å². The number of ether oxygens (including phenoxy) is 1. The Morgan fingerprint density at radius 3 is 2.32 bits per heavy atom. The highest BCUT2D eigenvalue weighted by molar-refractivity contribution is 7.89. The lowest BCUT2D eigenvalue weighted by atomic mass is 9.98. The molecule has 6 nitrogen and oxygen atoms in total. The number of piperidine rings is 1. The van der Waals surface area contributed by atoms with Crippen LogP contribution in [0.1, 0.15) is 54.4 Å². The minimum Gasteiger partial charge on any atom is -0.497 e. The molecule has 166 valence electrons. The Bertz CT molecular complexity index is 1020. The molecule has 2 aliphatic heterocycles. The van der Waals surface area contributed by atoms with Gasteiger partial charge in [-0.15, -0.1) is 0 Å². The lowest BCUT2D eigenvalue weighted by Gasteiger charge is -2.32. The van der Waals surface area contributed by atoms with Crippen molar-refractivity contribution in [1.82, 2.24) is 9.21 Å². The Morgan fingerprint density at radius 2 is 1.68 bits per heavy atom. The average Bonchev–Trinajstić information content (AvgIpc) is 3.29. The standard InChI is InChI=1S/C24H30N2O4S/c1-18-5-3-4-15-26(18)31(28,29)23-12-8-20(9-13-23)24(27)25-16-14-21(17-25)19-6-10-22(30-2)11-7-19/h6-13,18,21H,3-5,14-17H2,1-2H3. The highest BCUT2D eigenvalue weighted by Gasteiger charge is 2.32. The SMILES string of the molecule is COc1ccc(C2CCN(C(=O)c3ccc(S(=O)(=O)N4CCCCC4C)cc3)C2)cc1. The van der Waals surface area contributed by atoms with Gasteiger partial charge in [-0.25, -0.2) is 8.42 Å². The van der Waals surface area contributed by atoms with Crippen molar-refractivity contribution in [3.63, 3.8) is 0 Å². The summed E-state index contributed by atoms with van der Waals surface area (Å²) in [6.45, 7) is 3.88. The summed E-state index contributed by atoms with van der Waals surface area (Å²) in [5, 5.41) is 0. The number of sulfonamides is 1. The van der Waals surface area contributed by atoms with Crippen LogP contribution in [-0.4, -0.2) is 56.3 Å². The van der Waals surface area contributed by atoms with E-state index in [1.165, 1.54) is 5.56 Å². The lowest BCUT2D eigenvalue weighted by molar-refractivity contribution is 0.0790. The van der Waals surface area contributed by atoms with Gasteiger partial charge in [0.1, 0.15) is 5.75 Å². The third-order valence-electron chi connectivity index (χ3n) is 6.51. The zero-order valence-corrected chi connectivity index (χ0v) is 19.0. The molecular weight excluding hydrogens is 412 g/mol. The number of hydrogen-bond acceptors (Lipinski definition) is 4. The number of likely N-dealkylation sites (tertiary alicyclic amines) is 1. The van der Waals surface area contributed by atoms with Crippen LogP contribution in [0, 0.1) is 0 Å². The van der Waals surface area contributed by atoms with Gasteiger partial charge in [0.05, 0.1) is 12.0 Å². The van der Waals surface area contributed by atoms with Gasteiger partial charge in [-0.2, -0.15) is 4.31 Å².